The third-order valence-electron chi connectivity index (χ3n) is 5.16. The lowest BCUT2D eigenvalue weighted by molar-refractivity contribution is -0.126. The van der Waals surface area contributed by atoms with Crippen LogP contribution in [0.25, 0.3) is 10.9 Å². The largest absolute Gasteiger partial charge is 0.496 e. The Morgan fingerprint density at radius 3 is 2.97 bits per heavy atom. The van der Waals surface area contributed by atoms with Crippen LogP contribution in [-0.4, -0.2) is 42.2 Å². The first kappa shape index (κ1) is 18.9. The highest BCUT2D eigenvalue weighted by Gasteiger charge is 2.37. The molecule has 1 unspecified atom stereocenters. The Balaban J connectivity index is 1.40. The maximum atomic E-state index is 14.2. The molecule has 4 rings (SSSR count). The second-order valence-electron chi connectivity index (χ2n) is 6.97. The van der Waals surface area contributed by atoms with E-state index in [2.05, 4.69) is 15.5 Å². The SMILES string of the molecule is COc1ccccc1CCNC(=O)C1CC(=O)N(c2n[nH]c3cccc(F)c23)C1. The second-order valence-corrected chi connectivity index (χ2v) is 6.97. The average Bonchev–Trinajstić information content (AvgIpc) is 3.32. The van der Waals surface area contributed by atoms with E-state index in [1.807, 2.05) is 24.3 Å². The summed E-state index contributed by atoms with van der Waals surface area (Å²) in [5, 5.41) is 9.98. The summed E-state index contributed by atoms with van der Waals surface area (Å²) in [4.78, 5) is 26.4. The number of ether oxygens (including phenoxy) is 1. The third kappa shape index (κ3) is 3.65. The minimum Gasteiger partial charge on any atom is -0.496 e. The normalized spacial score (nSPS) is 16.4. The number of halogens is 1. The first-order chi connectivity index (χ1) is 14.1. The van der Waals surface area contributed by atoms with Gasteiger partial charge in [-0.3, -0.25) is 19.6 Å². The standard InChI is InChI=1S/C21H21FN4O3/c1-29-17-8-3-2-5-13(17)9-10-23-21(28)14-11-18(27)26(12-14)20-19-15(22)6-4-7-16(19)24-25-20/h2-8,14H,9-12H2,1H3,(H,23,28)(H,24,25). The molecule has 0 radical (unpaired) electrons. The van der Waals surface area contributed by atoms with Crippen molar-refractivity contribution < 1.29 is 18.7 Å². The number of aromatic amines is 1. The number of rotatable bonds is 6. The number of aromatic nitrogens is 2. The van der Waals surface area contributed by atoms with Crippen LogP contribution in [0.4, 0.5) is 10.2 Å². The van der Waals surface area contributed by atoms with Crippen molar-refractivity contribution in [1.29, 1.82) is 0 Å². The van der Waals surface area contributed by atoms with E-state index in [4.69, 9.17) is 4.74 Å². The molecule has 3 aromatic rings. The summed E-state index contributed by atoms with van der Waals surface area (Å²) in [5.41, 5.74) is 1.51. The molecule has 2 N–H and O–H groups in total. The molecule has 150 valence electrons. The van der Waals surface area contributed by atoms with Crippen LogP contribution in [0, 0.1) is 11.7 Å². The number of hydrogen-bond acceptors (Lipinski definition) is 4. The number of carbonyl (C=O) groups is 2. The van der Waals surface area contributed by atoms with Gasteiger partial charge in [-0.1, -0.05) is 24.3 Å². The van der Waals surface area contributed by atoms with E-state index in [1.165, 1.54) is 11.0 Å². The smallest absolute Gasteiger partial charge is 0.229 e. The monoisotopic (exact) mass is 396 g/mol. The third-order valence-corrected chi connectivity index (χ3v) is 5.16. The van der Waals surface area contributed by atoms with Crippen LogP contribution in [0.5, 0.6) is 5.75 Å². The zero-order valence-electron chi connectivity index (χ0n) is 15.9. The van der Waals surface area contributed by atoms with Gasteiger partial charge in [0.1, 0.15) is 11.6 Å². The van der Waals surface area contributed by atoms with Crippen molar-refractivity contribution in [3.8, 4) is 5.75 Å². The number of carbonyl (C=O) groups excluding carboxylic acids is 2. The van der Waals surface area contributed by atoms with Crippen LogP contribution in [0.15, 0.2) is 42.5 Å². The van der Waals surface area contributed by atoms with Gasteiger partial charge in [0.05, 0.1) is 23.9 Å². The number of benzene rings is 2. The molecule has 8 heteroatoms. The first-order valence-corrected chi connectivity index (χ1v) is 9.41. The minimum atomic E-state index is -0.501. The Bertz CT molecular complexity index is 1070. The van der Waals surface area contributed by atoms with Crippen molar-refractivity contribution in [2.45, 2.75) is 12.8 Å². The van der Waals surface area contributed by atoms with E-state index in [0.29, 0.717) is 18.5 Å². The number of methoxy groups -OCH3 is 1. The zero-order chi connectivity index (χ0) is 20.4. The van der Waals surface area contributed by atoms with Crippen LogP contribution in [0.2, 0.25) is 0 Å². The van der Waals surface area contributed by atoms with Gasteiger partial charge in [-0.05, 0) is 30.2 Å². The highest BCUT2D eigenvalue weighted by atomic mass is 19.1. The van der Waals surface area contributed by atoms with Gasteiger partial charge in [0, 0.05) is 19.5 Å². The molecule has 0 bridgehead atoms. The number of para-hydroxylation sites is 1. The summed E-state index contributed by atoms with van der Waals surface area (Å²) < 4.78 is 19.5. The lowest BCUT2D eigenvalue weighted by atomic mass is 10.1. The Hall–Kier alpha value is -3.42. The predicted molar refractivity (Wildman–Crippen MR) is 106 cm³/mol. The molecule has 0 spiro atoms. The molecule has 0 saturated carbocycles. The molecule has 1 aliphatic rings. The summed E-state index contributed by atoms with van der Waals surface area (Å²) in [6.45, 7) is 0.609. The van der Waals surface area contributed by atoms with E-state index in [1.54, 1.807) is 19.2 Å². The molecule has 29 heavy (non-hydrogen) atoms. The highest BCUT2D eigenvalue weighted by molar-refractivity contribution is 6.05. The van der Waals surface area contributed by atoms with E-state index in [-0.39, 0.29) is 36.0 Å². The summed E-state index contributed by atoms with van der Waals surface area (Å²) >= 11 is 0. The minimum absolute atomic E-state index is 0.0727. The van der Waals surface area contributed by atoms with Crippen LogP contribution in [0.1, 0.15) is 12.0 Å². The van der Waals surface area contributed by atoms with Crippen LogP contribution >= 0.6 is 0 Å². The lowest BCUT2D eigenvalue weighted by Gasteiger charge is -2.15. The molecule has 2 aromatic carbocycles. The molecule has 2 heterocycles. The summed E-state index contributed by atoms with van der Waals surface area (Å²) in [5.74, 6) is -0.395. The number of nitrogens with zero attached hydrogens (tertiary/aromatic N) is 2. The summed E-state index contributed by atoms with van der Waals surface area (Å²) in [6, 6.07) is 12.2. The maximum absolute atomic E-state index is 14.2. The fourth-order valence-corrected chi connectivity index (χ4v) is 3.67. The predicted octanol–water partition coefficient (Wildman–Crippen LogP) is 2.42. The number of amides is 2. The number of anilines is 1. The Morgan fingerprint density at radius 1 is 1.31 bits per heavy atom. The van der Waals surface area contributed by atoms with E-state index >= 15 is 0 Å². The van der Waals surface area contributed by atoms with E-state index < -0.39 is 11.7 Å². The van der Waals surface area contributed by atoms with Crippen molar-refractivity contribution in [1.82, 2.24) is 15.5 Å². The fraction of sp³-hybridized carbons (Fsp3) is 0.286. The van der Waals surface area contributed by atoms with Gasteiger partial charge in [0.25, 0.3) is 0 Å². The topological polar surface area (TPSA) is 87.3 Å². The molecule has 1 atom stereocenters. The van der Waals surface area contributed by atoms with Gasteiger partial charge >= 0.3 is 0 Å². The lowest BCUT2D eigenvalue weighted by Crippen LogP contribution is -2.34. The maximum Gasteiger partial charge on any atom is 0.229 e. The Kier molecular flexibility index (Phi) is 5.16. The van der Waals surface area contributed by atoms with Crippen molar-refractivity contribution in [3.63, 3.8) is 0 Å². The Labute approximate surface area is 166 Å². The van der Waals surface area contributed by atoms with Crippen LogP contribution < -0.4 is 15.0 Å². The summed E-state index contributed by atoms with van der Waals surface area (Å²) in [7, 11) is 1.61. The van der Waals surface area contributed by atoms with E-state index in [0.717, 1.165) is 11.3 Å². The molecule has 7 nitrogen and oxygen atoms in total. The van der Waals surface area contributed by atoms with Gasteiger partial charge < -0.3 is 10.1 Å². The highest BCUT2D eigenvalue weighted by Crippen LogP contribution is 2.31. The van der Waals surface area contributed by atoms with Crippen LogP contribution in [-0.2, 0) is 16.0 Å². The first-order valence-electron chi connectivity index (χ1n) is 9.41. The quantitative estimate of drug-likeness (QED) is 0.670. The zero-order valence-corrected chi connectivity index (χ0v) is 15.9. The average molecular weight is 396 g/mol. The number of fused-ring (bicyclic) bond motifs is 1. The molecule has 1 aliphatic heterocycles. The molecule has 1 fully saturated rings. The van der Waals surface area contributed by atoms with Gasteiger partial charge in [0.2, 0.25) is 11.8 Å². The van der Waals surface area contributed by atoms with Gasteiger partial charge in [0.15, 0.2) is 5.82 Å². The van der Waals surface area contributed by atoms with E-state index in [9.17, 15) is 14.0 Å². The summed E-state index contributed by atoms with van der Waals surface area (Å²) in [6.07, 6.45) is 0.693. The molecule has 1 saturated heterocycles. The van der Waals surface area contributed by atoms with Gasteiger partial charge in [-0.15, -0.1) is 0 Å². The van der Waals surface area contributed by atoms with Crippen molar-refractivity contribution in [2.75, 3.05) is 25.1 Å². The van der Waals surface area contributed by atoms with Gasteiger partial charge in [-0.25, -0.2) is 4.39 Å². The molecular formula is C21H21FN4O3. The van der Waals surface area contributed by atoms with Crippen molar-refractivity contribution >= 4 is 28.5 Å². The number of hydrogen-bond donors (Lipinski definition) is 2. The second kappa shape index (κ2) is 7.90. The van der Waals surface area contributed by atoms with Gasteiger partial charge in [-0.2, -0.15) is 5.10 Å². The van der Waals surface area contributed by atoms with Crippen LogP contribution in [0.3, 0.4) is 0 Å². The molecular weight excluding hydrogens is 375 g/mol. The van der Waals surface area contributed by atoms with Crippen molar-refractivity contribution in [2.24, 2.45) is 5.92 Å². The fourth-order valence-electron chi connectivity index (χ4n) is 3.67. The van der Waals surface area contributed by atoms with Crippen molar-refractivity contribution in [3.05, 3.63) is 53.8 Å². The number of nitrogens with one attached hydrogen (secondary N) is 2. The number of H-pyrrole nitrogens is 1. The molecule has 1 aromatic heterocycles. The molecule has 2 amide bonds. The molecule has 0 aliphatic carbocycles. The Morgan fingerprint density at radius 2 is 2.14 bits per heavy atom.